The maximum atomic E-state index is 12.9. The third kappa shape index (κ3) is 3.05. The summed E-state index contributed by atoms with van der Waals surface area (Å²) in [5.41, 5.74) is 2.72. The Morgan fingerprint density at radius 3 is 2.69 bits per heavy atom. The normalized spacial score (nSPS) is 21.5. The zero-order valence-corrected chi connectivity index (χ0v) is 15.8. The molecule has 4 heterocycles. The first-order valence-corrected chi connectivity index (χ1v) is 9.46. The third-order valence-electron chi connectivity index (χ3n) is 5.63. The lowest BCUT2D eigenvalue weighted by molar-refractivity contribution is 0.0774. The third-order valence-corrected chi connectivity index (χ3v) is 5.63. The molecule has 2 aromatic heterocycles. The number of imidazole rings is 1. The lowest BCUT2D eigenvalue weighted by Gasteiger charge is -2.26. The highest BCUT2D eigenvalue weighted by atomic mass is 16.5. The van der Waals surface area contributed by atoms with Crippen molar-refractivity contribution in [1.82, 2.24) is 24.2 Å². The van der Waals surface area contributed by atoms with Crippen LogP contribution in [0, 0.1) is 13.8 Å². The van der Waals surface area contributed by atoms with Crippen LogP contribution in [0.15, 0.2) is 12.3 Å². The molecular formula is C19H27N5O2. The van der Waals surface area contributed by atoms with Gasteiger partial charge in [-0.1, -0.05) is 0 Å². The number of aryl methyl sites for hydroxylation is 3. The Hall–Kier alpha value is -2.15. The molecule has 26 heavy (non-hydrogen) atoms. The second-order valence-electron chi connectivity index (χ2n) is 7.50. The van der Waals surface area contributed by atoms with E-state index >= 15 is 0 Å². The molecule has 0 aliphatic carbocycles. The quantitative estimate of drug-likeness (QED) is 0.845. The molecule has 0 saturated carbocycles. The zero-order chi connectivity index (χ0) is 18.3. The van der Waals surface area contributed by atoms with Gasteiger partial charge in [0.15, 0.2) is 0 Å². The van der Waals surface area contributed by atoms with Crippen LogP contribution in [0.5, 0.6) is 0 Å². The average molecular weight is 357 g/mol. The molecule has 2 aliphatic heterocycles. The molecule has 2 aliphatic rings. The van der Waals surface area contributed by atoms with E-state index in [-0.39, 0.29) is 5.91 Å². The van der Waals surface area contributed by atoms with Gasteiger partial charge in [-0.3, -0.25) is 9.48 Å². The van der Waals surface area contributed by atoms with Crippen molar-refractivity contribution in [2.24, 2.45) is 7.05 Å². The van der Waals surface area contributed by atoms with Gasteiger partial charge in [-0.25, -0.2) is 4.98 Å². The zero-order valence-electron chi connectivity index (χ0n) is 15.8. The smallest absolute Gasteiger partial charge is 0.272 e. The summed E-state index contributed by atoms with van der Waals surface area (Å²) in [5, 5.41) is 4.30. The number of rotatable bonds is 3. The fourth-order valence-corrected chi connectivity index (χ4v) is 4.31. The Kier molecular flexibility index (Phi) is 4.56. The lowest BCUT2D eigenvalue weighted by Crippen LogP contribution is -2.31. The van der Waals surface area contributed by atoms with Gasteiger partial charge in [0.2, 0.25) is 0 Å². The van der Waals surface area contributed by atoms with Gasteiger partial charge in [0.25, 0.3) is 5.91 Å². The number of ether oxygens (including phenoxy) is 1. The molecule has 2 saturated heterocycles. The molecule has 0 bridgehead atoms. The lowest BCUT2D eigenvalue weighted by atomic mass is 9.99. The molecule has 7 heteroatoms. The van der Waals surface area contributed by atoms with Gasteiger partial charge in [0.1, 0.15) is 11.5 Å². The van der Waals surface area contributed by atoms with Crippen molar-refractivity contribution in [3.63, 3.8) is 0 Å². The summed E-state index contributed by atoms with van der Waals surface area (Å²) in [5.74, 6) is 1.70. The van der Waals surface area contributed by atoms with E-state index < -0.39 is 0 Å². The molecule has 140 valence electrons. The molecular weight excluding hydrogens is 330 g/mol. The highest BCUT2D eigenvalue weighted by Gasteiger charge is 2.33. The fraction of sp³-hybridized carbons (Fsp3) is 0.632. The minimum absolute atomic E-state index is 0.0704. The van der Waals surface area contributed by atoms with Crippen LogP contribution in [0.4, 0.5) is 0 Å². The van der Waals surface area contributed by atoms with Crippen LogP contribution in [-0.2, 0) is 11.8 Å². The first-order valence-electron chi connectivity index (χ1n) is 9.46. The molecule has 7 nitrogen and oxygen atoms in total. The number of hydrogen-bond acceptors (Lipinski definition) is 4. The second kappa shape index (κ2) is 6.87. The molecule has 2 aromatic rings. The van der Waals surface area contributed by atoms with E-state index in [2.05, 4.69) is 16.6 Å². The predicted molar refractivity (Wildman–Crippen MR) is 97.3 cm³/mol. The van der Waals surface area contributed by atoms with Crippen LogP contribution in [0.1, 0.15) is 58.9 Å². The van der Waals surface area contributed by atoms with Crippen LogP contribution in [0.2, 0.25) is 0 Å². The van der Waals surface area contributed by atoms with Crippen molar-refractivity contribution in [3.05, 3.63) is 35.2 Å². The Morgan fingerprint density at radius 2 is 2.00 bits per heavy atom. The summed E-state index contributed by atoms with van der Waals surface area (Å²) in [4.78, 5) is 19.6. The number of nitrogens with zero attached hydrogens (tertiary/aromatic N) is 5. The van der Waals surface area contributed by atoms with Crippen molar-refractivity contribution in [2.75, 3.05) is 26.3 Å². The van der Waals surface area contributed by atoms with E-state index in [0.717, 1.165) is 51.3 Å². The van der Waals surface area contributed by atoms with Gasteiger partial charge >= 0.3 is 0 Å². The van der Waals surface area contributed by atoms with Crippen molar-refractivity contribution >= 4 is 5.91 Å². The Balaban J connectivity index is 1.53. The van der Waals surface area contributed by atoms with Gasteiger partial charge in [-0.2, -0.15) is 5.10 Å². The maximum Gasteiger partial charge on any atom is 0.272 e. The van der Waals surface area contributed by atoms with E-state index in [9.17, 15) is 4.79 Å². The summed E-state index contributed by atoms with van der Waals surface area (Å²) < 4.78 is 9.56. The Bertz CT molecular complexity index is 803. The number of carbonyl (C=O) groups is 1. The fourth-order valence-electron chi connectivity index (χ4n) is 4.31. The number of amides is 1. The topological polar surface area (TPSA) is 65.2 Å². The molecule has 0 N–H and O–H groups in total. The van der Waals surface area contributed by atoms with E-state index in [1.807, 2.05) is 31.1 Å². The largest absolute Gasteiger partial charge is 0.381 e. The average Bonchev–Trinajstić information content (AvgIpc) is 3.33. The van der Waals surface area contributed by atoms with Crippen LogP contribution < -0.4 is 0 Å². The minimum Gasteiger partial charge on any atom is -0.381 e. The van der Waals surface area contributed by atoms with Gasteiger partial charge in [0, 0.05) is 51.2 Å². The molecule has 4 rings (SSSR count). The summed E-state index contributed by atoms with van der Waals surface area (Å²) in [6.45, 7) is 7.16. The molecule has 1 atom stereocenters. The summed E-state index contributed by atoms with van der Waals surface area (Å²) in [6.07, 6.45) is 5.00. The standard InChI is InChI=1S/C19H27N5O2/c1-13-10-17(22(3)21-13)19(25)23-7-4-16(12-23)24-14(2)11-20-18(24)15-5-8-26-9-6-15/h10-11,15-16H,4-9,12H2,1-3H3. The van der Waals surface area contributed by atoms with Gasteiger partial charge in [0.05, 0.1) is 11.7 Å². The van der Waals surface area contributed by atoms with Crippen molar-refractivity contribution in [1.29, 1.82) is 0 Å². The van der Waals surface area contributed by atoms with Crippen molar-refractivity contribution < 1.29 is 9.53 Å². The first kappa shape index (κ1) is 17.3. The Morgan fingerprint density at radius 1 is 1.23 bits per heavy atom. The van der Waals surface area contributed by atoms with Crippen LogP contribution >= 0.6 is 0 Å². The van der Waals surface area contributed by atoms with E-state index in [0.29, 0.717) is 17.7 Å². The monoisotopic (exact) mass is 357 g/mol. The number of aromatic nitrogens is 4. The molecule has 0 spiro atoms. The molecule has 0 aromatic carbocycles. The second-order valence-corrected chi connectivity index (χ2v) is 7.50. The number of carbonyl (C=O) groups excluding carboxylic acids is 1. The maximum absolute atomic E-state index is 12.9. The number of likely N-dealkylation sites (tertiary alicyclic amines) is 1. The van der Waals surface area contributed by atoms with Crippen LogP contribution in [-0.4, -0.2) is 56.4 Å². The predicted octanol–water partition coefficient (Wildman–Crippen LogP) is 2.21. The van der Waals surface area contributed by atoms with Crippen molar-refractivity contribution in [2.45, 2.75) is 45.1 Å². The highest BCUT2D eigenvalue weighted by molar-refractivity contribution is 5.92. The molecule has 2 fully saturated rings. The summed E-state index contributed by atoms with van der Waals surface area (Å²) >= 11 is 0. The van der Waals surface area contributed by atoms with Crippen LogP contribution in [0.25, 0.3) is 0 Å². The van der Waals surface area contributed by atoms with Gasteiger partial charge < -0.3 is 14.2 Å². The Labute approximate surface area is 154 Å². The van der Waals surface area contributed by atoms with E-state index in [1.54, 1.807) is 4.68 Å². The van der Waals surface area contributed by atoms with E-state index in [4.69, 9.17) is 9.72 Å². The number of hydrogen-bond donors (Lipinski definition) is 0. The SMILES string of the molecule is Cc1cc(C(=O)N2CCC(n3c(C)cnc3C3CCOCC3)C2)n(C)n1. The molecule has 1 unspecified atom stereocenters. The first-order chi connectivity index (χ1) is 12.5. The van der Waals surface area contributed by atoms with E-state index in [1.165, 1.54) is 11.5 Å². The summed E-state index contributed by atoms with van der Waals surface area (Å²) in [6, 6.07) is 2.17. The van der Waals surface area contributed by atoms with Gasteiger partial charge in [-0.05, 0) is 39.2 Å². The summed E-state index contributed by atoms with van der Waals surface area (Å²) in [7, 11) is 1.83. The minimum atomic E-state index is 0.0704. The molecule has 0 radical (unpaired) electrons. The highest BCUT2D eigenvalue weighted by Crippen LogP contribution is 2.32. The van der Waals surface area contributed by atoms with Crippen molar-refractivity contribution in [3.8, 4) is 0 Å². The molecule has 1 amide bonds. The van der Waals surface area contributed by atoms with Gasteiger partial charge in [-0.15, -0.1) is 0 Å². The van der Waals surface area contributed by atoms with Crippen LogP contribution in [0.3, 0.4) is 0 Å².